The molecule has 0 radical (unpaired) electrons. The van der Waals surface area contributed by atoms with Gasteiger partial charge in [0.2, 0.25) is 0 Å². The monoisotopic (exact) mass is 239 g/mol. The zero-order valence-electron chi connectivity index (χ0n) is 9.07. The molecule has 0 aliphatic heterocycles. The molecule has 86 valence electrons. The van der Waals surface area contributed by atoms with Crippen LogP contribution < -0.4 is 5.73 Å². The lowest BCUT2D eigenvalue weighted by Gasteiger charge is -2.11. The van der Waals surface area contributed by atoms with E-state index in [9.17, 15) is 4.79 Å². The van der Waals surface area contributed by atoms with Gasteiger partial charge < -0.3 is 10.5 Å². The van der Waals surface area contributed by atoms with Crippen molar-refractivity contribution in [2.24, 2.45) is 0 Å². The normalized spacial score (nSPS) is 11.9. The number of benzene rings is 1. The number of carbonyl (C=O) groups excluding carboxylic acids is 1. The van der Waals surface area contributed by atoms with E-state index >= 15 is 0 Å². The van der Waals surface area contributed by atoms with Crippen LogP contribution in [0.1, 0.15) is 18.4 Å². The molecule has 0 aromatic heterocycles. The molecule has 0 amide bonds. The molecular formula is C12H14ClNO2. The van der Waals surface area contributed by atoms with Crippen molar-refractivity contribution in [2.45, 2.75) is 12.8 Å². The van der Waals surface area contributed by atoms with Crippen molar-refractivity contribution >= 4 is 23.3 Å². The maximum Gasteiger partial charge on any atom is 0.313 e. The van der Waals surface area contributed by atoms with Crippen molar-refractivity contribution in [1.29, 1.82) is 0 Å². The summed E-state index contributed by atoms with van der Waals surface area (Å²) in [5.41, 5.74) is 6.87. The SMILES string of the molecule is C=CCOC(=O)C(C)c1ccc(N)c(Cl)c1. The van der Waals surface area contributed by atoms with Gasteiger partial charge in [-0.05, 0) is 24.6 Å². The molecule has 0 spiro atoms. The summed E-state index contributed by atoms with van der Waals surface area (Å²) < 4.78 is 4.95. The first-order chi connectivity index (χ1) is 7.56. The third-order valence-electron chi connectivity index (χ3n) is 2.22. The lowest BCUT2D eigenvalue weighted by molar-refractivity contribution is -0.143. The van der Waals surface area contributed by atoms with E-state index < -0.39 is 0 Å². The molecule has 0 saturated carbocycles. The molecule has 1 aromatic carbocycles. The van der Waals surface area contributed by atoms with E-state index in [4.69, 9.17) is 22.1 Å². The molecule has 16 heavy (non-hydrogen) atoms. The predicted molar refractivity (Wildman–Crippen MR) is 65.4 cm³/mol. The fourth-order valence-corrected chi connectivity index (χ4v) is 1.40. The fraction of sp³-hybridized carbons (Fsp3) is 0.250. The van der Waals surface area contributed by atoms with Crippen molar-refractivity contribution in [3.8, 4) is 0 Å². The average molecular weight is 240 g/mol. The maximum atomic E-state index is 11.6. The zero-order valence-corrected chi connectivity index (χ0v) is 9.83. The molecule has 0 aliphatic rings. The van der Waals surface area contributed by atoms with Gasteiger partial charge in [0.25, 0.3) is 0 Å². The Morgan fingerprint density at radius 3 is 2.94 bits per heavy atom. The second kappa shape index (κ2) is 5.56. The molecular weight excluding hydrogens is 226 g/mol. The quantitative estimate of drug-likeness (QED) is 0.499. The minimum atomic E-state index is -0.363. The fourth-order valence-electron chi connectivity index (χ4n) is 1.21. The Bertz CT molecular complexity index is 404. The number of carbonyl (C=O) groups is 1. The molecule has 1 unspecified atom stereocenters. The number of halogens is 1. The molecule has 0 fully saturated rings. The van der Waals surface area contributed by atoms with Gasteiger partial charge >= 0.3 is 5.97 Å². The molecule has 0 heterocycles. The number of nitrogen functional groups attached to an aromatic ring is 1. The topological polar surface area (TPSA) is 52.3 Å². The molecule has 0 bridgehead atoms. The van der Waals surface area contributed by atoms with Crippen LogP contribution in [0.5, 0.6) is 0 Å². The number of nitrogens with two attached hydrogens (primary N) is 1. The van der Waals surface area contributed by atoms with Crippen molar-refractivity contribution in [2.75, 3.05) is 12.3 Å². The van der Waals surface area contributed by atoms with Gasteiger partial charge in [-0.3, -0.25) is 4.79 Å². The second-order valence-electron chi connectivity index (χ2n) is 3.42. The smallest absolute Gasteiger partial charge is 0.313 e. The molecule has 3 nitrogen and oxygen atoms in total. The van der Waals surface area contributed by atoms with E-state index in [2.05, 4.69) is 6.58 Å². The van der Waals surface area contributed by atoms with Gasteiger partial charge in [-0.25, -0.2) is 0 Å². The van der Waals surface area contributed by atoms with Crippen molar-refractivity contribution in [1.82, 2.24) is 0 Å². The van der Waals surface area contributed by atoms with Crippen LogP contribution in [-0.4, -0.2) is 12.6 Å². The van der Waals surface area contributed by atoms with Crippen LogP contribution in [0.25, 0.3) is 0 Å². The van der Waals surface area contributed by atoms with Crippen molar-refractivity contribution < 1.29 is 9.53 Å². The van der Waals surface area contributed by atoms with Crippen molar-refractivity contribution in [3.63, 3.8) is 0 Å². The highest BCUT2D eigenvalue weighted by Crippen LogP contribution is 2.25. The van der Waals surface area contributed by atoms with Crippen molar-refractivity contribution in [3.05, 3.63) is 41.4 Å². The van der Waals surface area contributed by atoms with Gasteiger partial charge in [0, 0.05) is 0 Å². The maximum absolute atomic E-state index is 11.6. The molecule has 1 atom stereocenters. The van der Waals surface area contributed by atoms with Gasteiger partial charge in [-0.2, -0.15) is 0 Å². The van der Waals surface area contributed by atoms with E-state index in [1.807, 2.05) is 0 Å². The summed E-state index contributed by atoms with van der Waals surface area (Å²) in [5, 5.41) is 0.445. The second-order valence-corrected chi connectivity index (χ2v) is 3.83. The molecule has 1 aromatic rings. The van der Waals surface area contributed by atoms with Crippen LogP contribution in [0.2, 0.25) is 5.02 Å². The number of rotatable bonds is 4. The minimum Gasteiger partial charge on any atom is -0.461 e. The predicted octanol–water partition coefficient (Wildman–Crippen LogP) is 2.75. The van der Waals surface area contributed by atoms with Crippen LogP contribution in [0, 0.1) is 0 Å². The average Bonchev–Trinajstić information content (AvgIpc) is 2.28. The Kier molecular flexibility index (Phi) is 4.38. The van der Waals surface area contributed by atoms with E-state index in [0.717, 1.165) is 5.56 Å². The first-order valence-corrected chi connectivity index (χ1v) is 5.26. The Balaban J connectivity index is 2.79. The van der Waals surface area contributed by atoms with Gasteiger partial charge in [-0.1, -0.05) is 30.3 Å². The number of hydrogen-bond acceptors (Lipinski definition) is 3. The summed E-state index contributed by atoms with van der Waals surface area (Å²) in [6.07, 6.45) is 1.53. The lowest BCUT2D eigenvalue weighted by Crippen LogP contribution is -2.13. The third-order valence-corrected chi connectivity index (χ3v) is 2.55. The zero-order chi connectivity index (χ0) is 12.1. The molecule has 1 rings (SSSR count). The lowest BCUT2D eigenvalue weighted by atomic mass is 10.0. The molecule has 0 saturated heterocycles. The first kappa shape index (κ1) is 12.6. The van der Waals surface area contributed by atoms with E-state index in [1.54, 1.807) is 25.1 Å². The Morgan fingerprint density at radius 2 is 2.38 bits per heavy atom. The van der Waals surface area contributed by atoms with Crippen LogP contribution in [0.3, 0.4) is 0 Å². The number of hydrogen-bond donors (Lipinski definition) is 1. The number of ether oxygens (including phenoxy) is 1. The largest absolute Gasteiger partial charge is 0.461 e. The van der Waals surface area contributed by atoms with Gasteiger partial charge in [0.05, 0.1) is 16.6 Å². The van der Waals surface area contributed by atoms with E-state index in [-0.39, 0.29) is 18.5 Å². The third kappa shape index (κ3) is 3.00. The first-order valence-electron chi connectivity index (χ1n) is 4.88. The van der Waals surface area contributed by atoms with E-state index in [1.165, 1.54) is 6.08 Å². The minimum absolute atomic E-state index is 0.214. The van der Waals surface area contributed by atoms with Crippen LogP contribution >= 0.6 is 11.6 Å². The summed E-state index contributed by atoms with van der Waals surface area (Å²) in [6.45, 7) is 5.45. The van der Waals surface area contributed by atoms with E-state index in [0.29, 0.717) is 10.7 Å². The van der Waals surface area contributed by atoms with Gasteiger partial charge in [0.1, 0.15) is 6.61 Å². The summed E-state index contributed by atoms with van der Waals surface area (Å²) >= 11 is 5.87. The van der Waals surface area contributed by atoms with Crippen LogP contribution in [-0.2, 0) is 9.53 Å². The van der Waals surface area contributed by atoms with Crippen LogP contribution in [0.15, 0.2) is 30.9 Å². The standard InChI is InChI=1S/C12H14ClNO2/c1-3-6-16-12(15)8(2)9-4-5-11(14)10(13)7-9/h3-5,7-8H,1,6,14H2,2H3. The van der Waals surface area contributed by atoms with Crippen LogP contribution in [0.4, 0.5) is 5.69 Å². The Hall–Kier alpha value is -1.48. The summed E-state index contributed by atoms with van der Waals surface area (Å²) in [4.78, 5) is 11.6. The molecule has 4 heteroatoms. The highest BCUT2D eigenvalue weighted by Gasteiger charge is 2.16. The molecule has 2 N–H and O–H groups in total. The molecule has 0 aliphatic carbocycles. The summed E-state index contributed by atoms with van der Waals surface area (Å²) in [7, 11) is 0. The van der Waals surface area contributed by atoms with Gasteiger partial charge in [0.15, 0.2) is 0 Å². The Morgan fingerprint density at radius 1 is 1.69 bits per heavy atom. The van der Waals surface area contributed by atoms with Gasteiger partial charge in [-0.15, -0.1) is 0 Å². The highest BCUT2D eigenvalue weighted by molar-refractivity contribution is 6.33. The summed E-state index contributed by atoms with van der Waals surface area (Å²) in [5.74, 6) is -0.668. The highest BCUT2D eigenvalue weighted by atomic mass is 35.5. The summed E-state index contributed by atoms with van der Waals surface area (Å²) in [6, 6.07) is 5.12. The Labute approximate surface area is 99.8 Å². The number of anilines is 1. The number of esters is 1.